The third-order valence-corrected chi connectivity index (χ3v) is 2.84. The molecule has 0 saturated heterocycles. The minimum absolute atomic E-state index is 0.938. The molecule has 0 bridgehead atoms. The normalized spacial score (nSPS) is 11.9. The quantitative estimate of drug-likeness (QED) is 0.270. The van der Waals surface area contributed by atoms with E-state index in [1.165, 1.54) is 12.8 Å². The highest BCUT2D eigenvalue weighted by atomic mass is 14.9. The minimum atomic E-state index is 0.938. The van der Waals surface area contributed by atoms with E-state index in [2.05, 4.69) is 59.4 Å². The Labute approximate surface area is 125 Å². The first-order chi connectivity index (χ1) is 9.91. The molecule has 0 aliphatic rings. The first-order valence-corrected chi connectivity index (χ1v) is 8.04. The first-order valence-electron chi connectivity index (χ1n) is 8.04. The number of hydrogen-bond donors (Lipinski definition) is 4. The summed E-state index contributed by atoms with van der Waals surface area (Å²) < 4.78 is 0. The van der Waals surface area contributed by atoms with Crippen LogP contribution in [0, 0.1) is 0 Å². The Kier molecular flexibility index (Phi) is 17.7. The van der Waals surface area contributed by atoms with Gasteiger partial charge in [-0.05, 0) is 39.0 Å². The molecule has 0 spiro atoms. The molecule has 0 fully saturated rings. The van der Waals surface area contributed by atoms with Gasteiger partial charge in [0.05, 0.1) is 0 Å². The molecule has 0 saturated carbocycles. The van der Waals surface area contributed by atoms with Crippen LogP contribution in [0.25, 0.3) is 0 Å². The fourth-order valence-electron chi connectivity index (χ4n) is 1.67. The molecule has 0 radical (unpaired) electrons. The smallest absolute Gasteiger partial charge is 0.0138 e. The van der Waals surface area contributed by atoms with Crippen LogP contribution in [0.3, 0.4) is 0 Å². The molecular weight excluding hydrogens is 248 g/mol. The zero-order chi connectivity index (χ0) is 14.7. The third kappa shape index (κ3) is 17.3. The number of nitrogens with one attached hydrogen (secondary N) is 4. The van der Waals surface area contributed by atoms with Crippen LogP contribution in [0.4, 0.5) is 0 Å². The van der Waals surface area contributed by atoms with Gasteiger partial charge in [0.15, 0.2) is 0 Å². The van der Waals surface area contributed by atoms with Gasteiger partial charge in [0.25, 0.3) is 0 Å². The van der Waals surface area contributed by atoms with Crippen LogP contribution in [0.15, 0.2) is 24.3 Å². The van der Waals surface area contributed by atoms with E-state index in [1.54, 1.807) is 0 Å². The lowest BCUT2D eigenvalue weighted by Gasteiger charge is -2.02. The Balaban J connectivity index is 3.10. The van der Waals surface area contributed by atoms with Gasteiger partial charge >= 0.3 is 0 Å². The molecule has 4 nitrogen and oxygen atoms in total. The molecule has 118 valence electrons. The second kappa shape index (κ2) is 18.3. The lowest BCUT2D eigenvalue weighted by molar-refractivity contribution is 0.608. The van der Waals surface area contributed by atoms with Crippen molar-refractivity contribution in [3.63, 3.8) is 0 Å². The van der Waals surface area contributed by atoms with Crippen LogP contribution in [0.1, 0.15) is 26.7 Å². The zero-order valence-electron chi connectivity index (χ0n) is 13.4. The van der Waals surface area contributed by atoms with Crippen molar-refractivity contribution in [3.05, 3.63) is 24.3 Å². The highest BCUT2D eigenvalue weighted by molar-refractivity contribution is 4.89. The molecule has 0 aliphatic heterocycles. The van der Waals surface area contributed by atoms with Crippen molar-refractivity contribution < 1.29 is 0 Å². The van der Waals surface area contributed by atoms with Crippen LogP contribution in [0.5, 0.6) is 0 Å². The molecule has 0 aliphatic carbocycles. The van der Waals surface area contributed by atoms with Crippen LogP contribution in [-0.4, -0.2) is 52.4 Å². The fourth-order valence-corrected chi connectivity index (χ4v) is 1.67. The summed E-state index contributed by atoms with van der Waals surface area (Å²) >= 11 is 0. The minimum Gasteiger partial charge on any atom is -0.317 e. The number of unbranched alkanes of at least 4 members (excludes halogenated alkanes) is 1. The van der Waals surface area contributed by atoms with E-state index in [4.69, 9.17) is 0 Å². The number of hydrogen-bond acceptors (Lipinski definition) is 4. The summed E-state index contributed by atoms with van der Waals surface area (Å²) in [6.07, 6.45) is 11.2. The molecule has 0 aromatic heterocycles. The van der Waals surface area contributed by atoms with Gasteiger partial charge in [-0.3, -0.25) is 0 Å². The van der Waals surface area contributed by atoms with Crippen LogP contribution in [-0.2, 0) is 0 Å². The first kappa shape index (κ1) is 19.3. The number of rotatable bonds is 15. The maximum atomic E-state index is 3.42. The topological polar surface area (TPSA) is 48.1 Å². The predicted octanol–water partition coefficient (Wildman–Crippen LogP) is 1.28. The molecule has 4 N–H and O–H groups in total. The summed E-state index contributed by atoms with van der Waals surface area (Å²) in [6, 6.07) is 0. The van der Waals surface area contributed by atoms with Crippen LogP contribution in [0.2, 0.25) is 0 Å². The zero-order valence-corrected chi connectivity index (χ0v) is 13.4. The van der Waals surface area contributed by atoms with E-state index in [0.29, 0.717) is 0 Å². The summed E-state index contributed by atoms with van der Waals surface area (Å²) in [5, 5.41) is 13.4. The Morgan fingerprint density at radius 3 is 1.55 bits per heavy atom. The van der Waals surface area contributed by atoms with Crippen molar-refractivity contribution in [2.75, 3.05) is 52.4 Å². The summed E-state index contributed by atoms with van der Waals surface area (Å²) in [5.41, 5.74) is 0. The van der Waals surface area contributed by atoms with Gasteiger partial charge < -0.3 is 21.3 Å². The van der Waals surface area contributed by atoms with Crippen molar-refractivity contribution >= 4 is 0 Å². The predicted molar refractivity (Wildman–Crippen MR) is 90.3 cm³/mol. The van der Waals surface area contributed by atoms with Gasteiger partial charge in [0, 0.05) is 26.2 Å². The molecule has 0 unspecified atom stereocenters. The van der Waals surface area contributed by atoms with Crippen LogP contribution < -0.4 is 21.3 Å². The van der Waals surface area contributed by atoms with Gasteiger partial charge in [0.2, 0.25) is 0 Å². The molecule has 0 amide bonds. The van der Waals surface area contributed by atoms with Gasteiger partial charge in [-0.25, -0.2) is 0 Å². The SMILES string of the molecule is CCNC/C=C\CNC/C=C\CNCCCCNCC. The van der Waals surface area contributed by atoms with E-state index >= 15 is 0 Å². The highest BCUT2D eigenvalue weighted by Crippen LogP contribution is 1.84. The molecular formula is C16H34N4. The second-order valence-electron chi connectivity index (χ2n) is 4.67. The Morgan fingerprint density at radius 1 is 0.550 bits per heavy atom. The Hall–Kier alpha value is -0.680. The summed E-state index contributed by atoms with van der Waals surface area (Å²) in [7, 11) is 0. The van der Waals surface area contributed by atoms with Crippen molar-refractivity contribution in [1.29, 1.82) is 0 Å². The fraction of sp³-hybridized carbons (Fsp3) is 0.750. The largest absolute Gasteiger partial charge is 0.317 e. The molecule has 0 rings (SSSR count). The van der Waals surface area contributed by atoms with Crippen LogP contribution >= 0.6 is 0 Å². The third-order valence-electron chi connectivity index (χ3n) is 2.84. The van der Waals surface area contributed by atoms with E-state index in [9.17, 15) is 0 Å². The standard InChI is InChI=1S/C16H34N4/c1-3-17-11-5-7-13-19-15-9-10-16-20-14-8-6-12-18-4-2/h5,7,9-10,17-20H,3-4,6,8,11-16H2,1-2H3/b7-5-,10-9-. The van der Waals surface area contributed by atoms with Gasteiger partial charge in [-0.15, -0.1) is 0 Å². The van der Waals surface area contributed by atoms with Crippen molar-refractivity contribution in [2.45, 2.75) is 26.7 Å². The van der Waals surface area contributed by atoms with E-state index in [-0.39, 0.29) is 0 Å². The number of likely N-dealkylation sites (N-methyl/N-ethyl adjacent to an activating group) is 1. The Bertz CT molecular complexity index is 227. The second-order valence-corrected chi connectivity index (χ2v) is 4.67. The average Bonchev–Trinajstić information content (AvgIpc) is 2.47. The molecule has 0 aromatic rings. The summed E-state index contributed by atoms with van der Waals surface area (Å²) in [6.45, 7) is 12.4. The van der Waals surface area contributed by atoms with Gasteiger partial charge in [-0.1, -0.05) is 38.2 Å². The average molecular weight is 282 g/mol. The summed E-state index contributed by atoms with van der Waals surface area (Å²) in [4.78, 5) is 0. The van der Waals surface area contributed by atoms with Crippen molar-refractivity contribution in [1.82, 2.24) is 21.3 Å². The maximum Gasteiger partial charge on any atom is 0.0138 e. The molecule has 0 heterocycles. The lowest BCUT2D eigenvalue weighted by Crippen LogP contribution is -2.19. The van der Waals surface area contributed by atoms with E-state index in [1.807, 2.05) is 0 Å². The molecule has 20 heavy (non-hydrogen) atoms. The van der Waals surface area contributed by atoms with Crippen molar-refractivity contribution in [2.24, 2.45) is 0 Å². The van der Waals surface area contributed by atoms with E-state index < -0.39 is 0 Å². The van der Waals surface area contributed by atoms with E-state index in [0.717, 1.165) is 52.4 Å². The monoisotopic (exact) mass is 282 g/mol. The highest BCUT2D eigenvalue weighted by Gasteiger charge is 1.86. The lowest BCUT2D eigenvalue weighted by atomic mass is 10.3. The Morgan fingerprint density at radius 2 is 1.00 bits per heavy atom. The molecule has 0 atom stereocenters. The van der Waals surface area contributed by atoms with Gasteiger partial charge in [0.1, 0.15) is 0 Å². The molecule has 4 heteroatoms. The van der Waals surface area contributed by atoms with Gasteiger partial charge in [-0.2, -0.15) is 0 Å². The molecule has 0 aromatic carbocycles. The maximum absolute atomic E-state index is 3.42. The van der Waals surface area contributed by atoms with Crippen molar-refractivity contribution in [3.8, 4) is 0 Å². The summed E-state index contributed by atoms with van der Waals surface area (Å²) in [5.74, 6) is 0.